The summed E-state index contributed by atoms with van der Waals surface area (Å²) in [5.74, 6) is 0.347. The molecule has 98 valence electrons. The fourth-order valence-corrected chi connectivity index (χ4v) is 2.25. The minimum Gasteiger partial charge on any atom is -0.429 e. The molecule has 0 saturated carbocycles. The monoisotopic (exact) mass is 258 g/mol. The Kier molecular flexibility index (Phi) is 3.65. The van der Waals surface area contributed by atoms with Crippen LogP contribution in [0.1, 0.15) is 30.9 Å². The van der Waals surface area contributed by atoms with E-state index in [1.165, 1.54) is 12.1 Å². The maximum Gasteiger partial charge on any atom is 0.298 e. The molecule has 2 nitrogen and oxygen atoms in total. The van der Waals surface area contributed by atoms with Gasteiger partial charge in [0.15, 0.2) is 0 Å². The lowest BCUT2D eigenvalue weighted by Crippen LogP contribution is -1.97. The van der Waals surface area contributed by atoms with E-state index in [1.807, 2.05) is 13.8 Å². The first-order valence-electron chi connectivity index (χ1n) is 6.07. The van der Waals surface area contributed by atoms with Crippen molar-refractivity contribution in [2.75, 3.05) is 0 Å². The van der Waals surface area contributed by atoms with Gasteiger partial charge >= 0.3 is 0 Å². The number of fused-ring (bicyclic) bond motifs is 1. The van der Waals surface area contributed by atoms with E-state index in [1.54, 1.807) is 18.2 Å². The van der Waals surface area contributed by atoms with Crippen molar-refractivity contribution in [1.82, 2.24) is 0 Å². The summed E-state index contributed by atoms with van der Waals surface area (Å²) in [4.78, 5) is 10.5. The lowest BCUT2D eigenvalue weighted by Gasteiger charge is -2.14. The quantitative estimate of drug-likeness (QED) is 0.765. The second-order valence-corrected chi connectivity index (χ2v) is 4.64. The summed E-state index contributed by atoms with van der Waals surface area (Å²) >= 11 is 0. The predicted octanol–water partition coefficient (Wildman–Crippen LogP) is 4.28. The summed E-state index contributed by atoms with van der Waals surface area (Å²) < 4.78 is 18.8. The lowest BCUT2D eigenvalue weighted by atomic mass is 9.92. The molecule has 0 atom stereocenters. The summed E-state index contributed by atoms with van der Waals surface area (Å²) in [5, 5.41) is 1.66. The Balaban J connectivity index is 2.86. The van der Waals surface area contributed by atoms with E-state index >= 15 is 0 Å². The van der Waals surface area contributed by atoms with E-state index in [4.69, 9.17) is 4.74 Å². The Hall–Kier alpha value is -2.16. The fraction of sp³-hybridized carbons (Fsp3) is 0.188. The van der Waals surface area contributed by atoms with Gasteiger partial charge in [-0.15, -0.1) is 0 Å². The number of hydrogen-bond acceptors (Lipinski definition) is 2. The molecular weight excluding hydrogens is 243 g/mol. The first kappa shape index (κ1) is 13.3. The van der Waals surface area contributed by atoms with Crippen LogP contribution in [-0.2, 0) is 4.79 Å². The van der Waals surface area contributed by atoms with Crippen LogP contribution in [0.5, 0.6) is 5.75 Å². The van der Waals surface area contributed by atoms with Gasteiger partial charge in [-0.05, 0) is 40.5 Å². The summed E-state index contributed by atoms with van der Waals surface area (Å²) in [6.07, 6.45) is 1.52. The number of carbonyl (C=O) groups excluding carboxylic acids is 1. The standard InChI is InChI=1S/C16H15FO2/c1-4-13-15(17)6-5-11-7-12(19-9-18)8-14(10(2)3)16(11)13/h4-10H,1H2,2-3H3. The van der Waals surface area contributed by atoms with Crippen molar-refractivity contribution in [2.45, 2.75) is 19.8 Å². The average Bonchev–Trinajstić information content (AvgIpc) is 2.38. The first-order valence-corrected chi connectivity index (χ1v) is 6.07. The molecule has 2 rings (SSSR count). The van der Waals surface area contributed by atoms with Crippen LogP contribution < -0.4 is 4.74 Å². The Morgan fingerprint density at radius 2 is 2.05 bits per heavy atom. The van der Waals surface area contributed by atoms with Crippen LogP contribution in [0, 0.1) is 5.82 Å². The fourth-order valence-electron chi connectivity index (χ4n) is 2.25. The predicted molar refractivity (Wildman–Crippen MR) is 74.8 cm³/mol. The lowest BCUT2D eigenvalue weighted by molar-refractivity contribution is -0.120. The zero-order valence-corrected chi connectivity index (χ0v) is 10.9. The summed E-state index contributed by atoms with van der Waals surface area (Å²) in [7, 11) is 0. The van der Waals surface area contributed by atoms with Crippen LogP contribution in [0.25, 0.3) is 16.8 Å². The minimum absolute atomic E-state index is 0.179. The van der Waals surface area contributed by atoms with Crippen molar-refractivity contribution in [1.29, 1.82) is 0 Å². The smallest absolute Gasteiger partial charge is 0.298 e. The van der Waals surface area contributed by atoms with E-state index in [-0.39, 0.29) is 11.7 Å². The zero-order valence-electron chi connectivity index (χ0n) is 10.9. The highest BCUT2D eigenvalue weighted by Gasteiger charge is 2.13. The molecule has 3 heteroatoms. The molecule has 0 bridgehead atoms. The van der Waals surface area contributed by atoms with E-state index < -0.39 is 0 Å². The number of rotatable bonds is 4. The van der Waals surface area contributed by atoms with E-state index in [9.17, 15) is 9.18 Å². The van der Waals surface area contributed by atoms with Crippen molar-refractivity contribution >= 4 is 23.3 Å². The molecule has 0 aliphatic heterocycles. The third kappa shape index (κ3) is 2.36. The zero-order chi connectivity index (χ0) is 14.0. The van der Waals surface area contributed by atoms with Crippen molar-refractivity contribution in [3.63, 3.8) is 0 Å². The van der Waals surface area contributed by atoms with Gasteiger partial charge in [0, 0.05) is 5.56 Å². The molecule has 0 spiro atoms. The Labute approximate surface area is 111 Å². The second-order valence-electron chi connectivity index (χ2n) is 4.64. The van der Waals surface area contributed by atoms with Crippen molar-refractivity contribution in [2.24, 2.45) is 0 Å². The molecule has 0 aliphatic carbocycles. The van der Waals surface area contributed by atoms with Crippen LogP contribution >= 0.6 is 0 Å². The molecule has 2 aromatic rings. The Morgan fingerprint density at radius 1 is 1.32 bits per heavy atom. The molecule has 2 aromatic carbocycles. The Morgan fingerprint density at radius 3 is 2.63 bits per heavy atom. The van der Waals surface area contributed by atoms with E-state index in [0.29, 0.717) is 17.8 Å². The molecule has 19 heavy (non-hydrogen) atoms. The van der Waals surface area contributed by atoms with Gasteiger partial charge in [-0.2, -0.15) is 0 Å². The summed E-state index contributed by atoms with van der Waals surface area (Å²) in [5.41, 5.74) is 1.42. The highest BCUT2D eigenvalue weighted by atomic mass is 19.1. The summed E-state index contributed by atoms with van der Waals surface area (Å²) in [6.45, 7) is 8.09. The minimum atomic E-state index is -0.298. The molecule has 0 radical (unpaired) electrons. The van der Waals surface area contributed by atoms with Crippen molar-refractivity contribution in [3.05, 3.63) is 47.8 Å². The van der Waals surface area contributed by atoms with E-state index in [0.717, 1.165) is 16.3 Å². The van der Waals surface area contributed by atoms with Gasteiger partial charge in [-0.25, -0.2) is 4.39 Å². The SMILES string of the molecule is C=Cc1c(F)ccc2cc(OC=O)cc(C(C)C)c12. The highest BCUT2D eigenvalue weighted by Crippen LogP contribution is 2.34. The largest absolute Gasteiger partial charge is 0.429 e. The molecule has 0 amide bonds. The number of ether oxygens (including phenoxy) is 1. The molecule has 0 aliphatic rings. The second kappa shape index (κ2) is 5.22. The Bertz CT molecular complexity index is 645. The van der Waals surface area contributed by atoms with Crippen LogP contribution in [0.15, 0.2) is 30.8 Å². The molecular formula is C16H15FO2. The number of hydrogen-bond donors (Lipinski definition) is 0. The topological polar surface area (TPSA) is 26.3 Å². The van der Waals surface area contributed by atoms with Crippen LogP contribution in [-0.4, -0.2) is 6.47 Å². The summed E-state index contributed by atoms with van der Waals surface area (Å²) in [6, 6.07) is 6.57. The van der Waals surface area contributed by atoms with Crippen molar-refractivity contribution < 1.29 is 13.9 Å². The molecule has 0 unspecified atom stereocenters. The van der Waals surface area contributed by atoms with Gasteiger partial charge in [0.25, 0.3) is 6.47 Å². The molecule has 0 heterocycles. The van der Waals surface area contributed by atoms with Gasteiger partial charge in [-0.1, -0.05) is 32.6 Å². The number of benzene rings is 2. The number of carbonyl (C=O) groups is 1. The van der Waals surface area contributed by atoms with Gasteiger partial charge in [0.1, 0.15) is 11.6 Å². The maximum absolute atomic E-state index is 13.9. The van der Waals surface area contributed by atoms with Gasteiger partial charge in [0.05, 0.1) is 0 Å². The molecule has 0 N–H and O–H groups in total. The number of halogens is 1. The van der Waals surface area contributed by atoms with Gasteiger partial charge < -0.3 is 4.74 Å². The third-order valence-electron chi connectivity index (χ3n) is 3.12. The highest BCUT2D eigenvalue weighted by molar-refractivity contribution is 5.95. The van der Waals surface area contributed by atoms with E-state index in [2.05, 4.69) is 6.58 Å². The van der Waals surface area contributed by atoms with Gasteiger partial charge in [-0.3, -0.25) is 4.79 Å². The first-order chi connectivity index (χ1) is 9.08. The van der Waals surface area contributed by atoms with Crippen LogP contribution in [0.2, 0.25) is 0 Å². The average molecular weight is 258 g/mol. The van der Waals surface area contributed by atoms with Crippen LogP contribution in [0.4, 0.5) is 4.39 Å². The molecule has 0 fully saturated rings. The van der Waals surface area contributed by atoms with Crippen LogP contribution in [0.3, 0.4) is 0 Å². The molecule has 0 saturated heterocycles. The van der Waals surface area contributed by atoms with Crippen molar-refractivity contribution in [3.8, 4) is 5.75 Å². The maximum atomic E-state index is 13.9. The van der Waals surface area contributed by atoms with Gasteiger partial charge in [0.2, 0.25) is 0 Å². The third-order valence-corrected chi connectivity index (χ3v) is 3.12. The normalized spacial score (nSPS) is 10.7. The molecule has 0 aromatic heterocycles.